The number of aliphatic carboxylic acids is 1. The van der Waals surface area contributed by atoms with E-state index in [1.54, 1.807) is 20.8 Å². The number of amides is 1. The molecule has 0 aliphatic rings. The quantitative estimate of drug-likeness (QED) is 0.409. The van der Waals surface area contributed by atoms with Crippen LogP contribution in [0.5, 0.6) is 0 Å². The van der Waals surface area contributed by atoms with Gasteiger partial charge in [-0.3, -0.25) is 14.4 Å². The van der Waals surface area contributed by atoms with E-state index in [0.29, 0.717) is 0 Å². The van der Waals surface area contributed by atoms with Gasteiger partial charge in [-0.1, -0.05) is 6.08 Å². The van der Waals surface area contributed by atoms with Crippen molar-refractivity contribution < 1.29 is 29.0 Å². The SMILES string of the molecule is CC(=O)CC(=O)NC/C=C(\CC(=O)O)C(=O)OC(C)(C)C. The second-order valence-electron chi connectivity index (χ2n) is 5.48. The van der Waals surface area contributed by atoms with Crippen LogP contribution in [-0.4, -0.2) is 40.9 Å². The van der Waals surface area contributed by atoms with Gasteiger partial charge in [0.25, 0.3) is 0 Å². The molecule has 0 bridgehead atoms. The first-order valence-corrected chi connectivity index (χ1v) is 6.41. The maximum absolute atomic E-state index is 11.8. The lowest BCUT2D eigenvalue weighted by molar-refractivity contribution is -0.151. The number of ether oxygens (including phenoxy) is 1. The number of ketones is 1. The average molecular weight is 299 g/mol. The molecule has 0 aromatic rings. The highest BCUT2D eigenvalue weighted by atomic mass is 16.6. The Morgan fingerprint density at radius 2 is 1.71 bits per heavy atom. The van der Waals surface area contributed by atoms with E-state index in [1.165, 1.54) is 13.0 Å². The summed E-state index contributed by atoms with van der Waals surface area (Å²) in [5.41, 5.74) is -0.799. The highest BCUT2D eigenvalue weighted by Gasteiger charge is 2.21. The summed E-state index contributed by atoms with van der Waals surface area (Å²) in [6.07, 6.45) is 0.520. The van der Waals surface area contributed by atoms with E-state index in [4.69, 9.17) is 9.84 Å². The maximum Gasteiger partial charge on any atom is 0.334 e. The first-order chi connectivity index (χ1) is 9.51. The number of nitrogens with one attached hydrogen (secondary N) is 1. The molecule has 0 fully saturated rings. The minimum atomic E-state index is -1.18. The number of carboxylic acids is 1. The molecule has 21 heavy (non-hydrogen) atoms. The number of hydrogen-bond acceptors (Lipinski definition) is 5. The fourth-order valence-electron chi connectivity index (χ4n) is 1.31. The first kappa shape index (κ1) is 18.8. The first-order valence-electron chi connectivity index (χ1n) is 6.41. The molecule has 7 nitrogen and oxygen atoms in total. The summed E-state index contributed by atoms with van der Waals surface area (Å²) in [6.45, 7) is 6.23. The van der Waals surface area contributed by atoms with Crippen molar-refractivity contribution in [2.45, 2.75) is 46.1 Å². The third-order valence-corrected chi connectivity index (χ3v) is 2.06. The van der Waals surface area contributed by atoms with E-state index in [1.807, 2.05) is 0 Å². The Morgan fingerprint density at radius 3 is 2.14 bits per heavy atom. The van der Waals surface area contributed by atoms with E-state index in [2.05, 4.69) is 5.32 Å². The number of esters is 1. The summed E-state index contributed by atoms with van der Waals surface area (Å²) < 4.78 is 5.09. The Morgan fingerprint density at radius 1 is 1.14 bits per heavy atom. The van der Waals surface area contributed by atoms with Gasteiger partial charge in [0.1, 0.15) is 11.4 Å². The smallest absolute Gasteiger partial charge is 0.334 e. The number of carboxylic acid groups (broad SMARTS) is 1. The van der Waals surface area contributed by atoms with E-state index in [9.17, 15) is 19.2 Å². The average Bonchev–Trinajstić information content (AvgIpc) is 2.23. The van der Waals surface area contributed by atoms with Crippen LogP contribution < -0.4 is 5.32 Å². The number of Topliss-reactive ketones (excluding diaryl/α,β-unsaturated/α-hetero) is 1. The second kappa shape index (κ2) is 8.18. The Hall–Kier alpha value is -2.18. The molecule has 0 spiro atoms. The van der Waals surface area contributed by atoms with Gasteiger partial charge in [0, 0.05) is 12.1 Å². The Kier molecular flexibility index (Phi) is 7.33. The van der Waals surface area contributed by atoms with Crippen LogP contribution in [0.15, 0.2) is 11.6 Å². The van der Waals surface area contributed by atoms with Crippen molar-refractivity contribution in [1.29, 1.82) is 0 Å². The standard InChI is InChI=1S/C14H21NO6/c1-9(16)7-11(17)15-6-5-10(8-12(18)19)13(20)21-14(2,3)4/h5H,6-8H2,1-4H3,(H,15,17)(H,18,19)/b10-5+. The third kappa shape index (κ3) is 10.3. The van der Waals surface area contributed by atoms with Crippen LogP contribution in [0.3, 0.4) is 0 Å². The fraction of sp³-hybridized carbons (Fsp3) is 0.571. The van der Waals surface area contributed by atoms with Gasteiger partial charge in [0.05, 0.1) is 12.8 Å². The van der Waals surface area contributed by atoms with Gasteiger partial charge >= 0.3 is 11.9 Å². The number of carbonyl (C=O) groups is 4. The zero-order chi connectivity index (χ0) is 16.6. The van der Waals surface area contributed by atoms with Crippen molar-refractivity contribution >= 4 is 23.6 Å². The second-order valence-corrected chi connectivity index (χ2v) is 5.48. The predicted molar refractivity (Wildman–Crippen MR) is 74.5 cm³/mol. The van der Waals surface area contributed by atoms with Gasteiger partial charge in [-0.05, 0) is 27.7 Å². The lowest BCUT2D eigenvalue weighted by atomic mass is 10.1. The van der Waals surface area contributed by atoms with Crippen LogP contribution in [0.25, 0.3) is 0 Å². The van der Waals surface area contributed by atoms with Crippen LogP contribution in [0.1, 0.15) is 40.5 Å². The molecule has 7 heteroatoms. The highest BCUT2D eigenvalue weighted by Crippen LogP contribution is 2.13. The molecule has 2 N–H and O–H groups in total. The van der Waals surface area contributed by atoms with Crippen LogP contribution in [0.2, 0.25) is 0 Å². The number of hydrogen-bond donors (Lipinski definition) is 2. The summed E-state index contributed by atoms with van der Waals surface area (Å²) in [6, 6.07) is 0. The summed E-state index contributed by atoms with van der Waals surface area (Å²) in [5.74, 6) is -2.69. The molecule has 0 aromatic heterocycles. The van der Waals surface area contributed by atoms with E-state index < -0.39 is 29.9 Å². The normalized spacial score (nSPS) is 11.7. The summed E-state index contributed by atoms with van der Waals surface area (Å²) >= 11 is 0. The van der Waals surface area contributed by atoms with Crippen LogP contribution in [-0.2, 0) is 23.9 Å². The topological polar surface area (TPSA) is 110 Å². The molecule has 0 aliphatic carbocycles. The molecule has 0 aliphatic heterocycles. The molecule has 0 aromatic carbocycles. The van der Waals surface area contributed by atoms with Crippen molar-refractivity contribution in [3.8, 4) is 0 Å². The van der Waals surface area contributed by atoms with Crippen molar-refractivity contribution in [1.82, 2.24) is 5.32 Å². The van der Waals surface area contributed by atoms with Gasteiger partial charge < -0.3 is 15.2 Å². The summed E-state index contributed by atoms with van der Waals surface area (Å²) in [7, 11) is 0. The largest absolute Gasteiger partial charge is 0.481 e. The molecule has 0 radical (unpaired) electrons. The number of rotatable bonds is 7. The summed E-state index contributed by atoms with van der Waals surface area (Å²) in [4.78, 5) is 44.6. The molecular weight excluding hydrogens is 278 g/mol. The van der Waals surface area contributed by atoms with Crippen LogP contribution in [0.4, 0.5) is 0 Å². The maximum atomic E-state index is 11.8. The number of carbonyl (C=O) groups excluding carboxylic acids is 3. The van der Waals surface area contributed by atoms with E-state index in [0.717, 1.165) is 0 Å². The van der Waals surface area contributed by atoms with Gasteiger partial charge in [-0.15, -0.1) is 0 Å². The summed E-state index contributed by atoms with van der Waals surface area (Å²) in [5, 5.41) is 11.2. The van der Waals surface area contributed by atoms with Gasteiger partial charge in [0.2, 0.25) is 5.91 Å². The fourth-order valence-corrected chi connectivity index (χ4v) is 1.31. The predicted octanol–water partition coefficient (Wildman–Crippen LogP) is 0.824. The highest BCUT2D eigenvalue weighted by molar-refractivity contribution is 5.97. The third-order valence-electron chi connectivity index (χ3n) is 2.06. The molecule has 0 heterocycles. The molecule has 0 atom stereocenters. The minimum absolute atomic E-state index is 0.0476. The molecule has 0 rings (SSSR count). The molecular formula is C14H21NO6. The zero-order valence-electron chi connectivity index (χ0n) is 12.7. The van der Waals surface area contributed by atoms with Gasteiger partial charge in [0.15, 0.2) is 0 Å². The Labute approximate surface area is 123 Å². The van der Waals surface area contributed by atoms with Gasteiger partial charge in [-0.25, -0.2) is 4.79 Å². The Balaban J connectivity index is 4.71. The zero-order valence-corrected chi connectivity index (χ0v) is 12.7. The minimum Gasteiger partial charge on any atom is -0.481 e. The van der Waals surface area contributed by atoms with Crippen LogP contribution >= 0.6 is 0 Å². The van der Waals surface area contributed by atoms with Crippen molar-refractivity contribution in [3.63, 3.8) is 0 Å². The van der Waals surface area contributed by atoms with Crippen LogP contribution in [0, 0.1) is 0 Å². The van der Waals surface area contributed by atoms with E-state index >= 15 is 0 Å². The van der Waals surface area contributed by atoms with E-state index in [-0.39, 0.29) is 24.3 Å². The van der Waals surface area contributed by atoms with Crippen molar-refractivity contribution in [3.05, 3.63) is 11.6 Å². The molecule has 118 valence electrons. The monoisotopic (exact) mass is 299 g/mol. The lowest BCUT2D eigenvalue weighted by Gasteiger charge is -2.20. The molecule has 0 saturated heterocycles. The van der Waals surface area contributed by atoms with Gasteiger partial charge in [-0.2, -0.15) is 0 Å². The van der Waals surface area contributed by atoms with Crippen molar-refractivity contribution in [2.24, 2.45) is 0 Å². The Bertz CT molecular complexity index is 459. The molecule has 0 saturated carbocycles. The van der Waals surface area contributed by atoms with Crippen molar-refractivity contribution in [2.75, 3.05) is 6.54 Å². The lowest BCUT2D eigenvalue weighted by Crippen LogP contribution is -2.28. The molecule has 1 amide bonds. The molecule has 0 unspecified atom stereocenters.